The van der Waals surface area contributed by atoms with E-state index in [9.17, 15) is 4.79 Å². The zero-order valence-electron chi connectivity index (χ0n) is 12.3. The number of hydrogen-bond acceptors (Lipinski definition) is 2. The van der Waals surface area contributed by atoms with Crippen molar-refractivity contribution in [1.82, 2.24) is 0 Å². The Labute approximate surface area is 130 Å². The Morgan fingerprint density at radius 3 is 2.24 bits per heavy atom. The van der Waals surface area contributed by atoms with Crippen LogP contribution in [0.4, 0.5) is 0 Å². The zero-order valence-corrected chi connectivity index (χ0v) is 13.1. The van der Waals surface area contributed by atoms with E-state index in [0.717, 1.165) is 12.0 Å². The van der Waals surface area contributed by atoms with Gasteiger partial charge in [-0.2, -0.15) is 0 Å². The van der Waals surface area contributed by atoms with E-state index in [4.69, 9.17) is 5.11 Å². The summed E-state index contributed by atoms with van der Waals surface area (Å²) in [6, 6.07) is 18.3. The van der Waals surface area contributed by atoms with Crippen molar-refractivity contribution < 1.29 is 9.90 Å². The second kappa shape index (κ2) is 7.32. The first-order valence-corrected chi connectivity index (χ1v) is 7.97. The van der Waals surface area contributed by atoms with E-state index in [1.165, 1.54) is 10.5 Å². The molecular weight excluding hydrogens is 280 g/mol. The topological polar surface area (TPSA) is 37.3 Å². The van der Waals surface area contributed by atoms with Crippen LogP contribution in [0.15, 0.2) is 59.5 Å². The summed E-state index contributed by atoms with van der Waals surface area (Å²) in [5, 5.41) is 9.49. The maximum absolute atomic E-state index is 11.0. The first-order chi connectivity index (χ1) is 10.1. The molecule has 0 aliphatic rings. The molecule has 2 rings (SSSR count). The molecule has 0 aliphatic heterocycles. The summed E-state index contributed by atoms with van der Waals surface area (Å²) in [6.07, 6.45) is 0.974. The Bertz CT molecular complexity index is 578. The van der Waals surface area contributed by atoms with Crippen molar-refractivity contribution >= 4 is 17.7 Å². The van der Waals surface area contributed by atoms with Crippen LogP contribution < -0.4 is 0 Å². The molecule has 0 bridgehead atoms. The molecule has 1 N–H and O–H groups in total. The van der Waals surface area contributed by atoms with Gasteiger partial charge in [-0.25, -0.2) is 0 Å². The molecule has 2 aromatic carbocycles. The van der Waals surface area contributed by atoms with Gasteiger partial charge in [0.2, 0.25) is 0 Å². The van der Waals surface area contributed by atoms with Crippen LogP contribution in [0.1, 0.15) is 30.9 Å². The van der Waals surface area contributed by atoms with Gasteiger partial charge < -0.3 is 5.11 Å². The summed E-state index contributed by atoms with van der Waals surface area (Å²) < 4.78 is 0. The first kappa shape index (κ1) is 15.6. The van der Waals surface area contributed by atoms with E-state index in [1.54, 1.807) is 6.92 Å². The van der Waals surface area contributed by atoms with Gasteiger partial charge in [-0.15, -0.1) is 11.8 Å². The number of carbonyl (C=O) groups is 1. The molecule has 0 radical (unpaired) electrons. The van der Waals surface area contributed by atoms with Crippen LogP contribution in [0.5, 0.6) is 0 Å². The van der Waals surface area contributed by atoms with E-state index >= 15 is 0 Å². The molecule has 0 amide bonds. The molecule has 0 aromatic heterocycles. The van der Waals surface area contributed by atoms with Gasteiger partial charge in [0.15, 0.2) is 0 Å². The average Bonchev–Trinajstić information content (AvgIpc) is 2.48. The van der Waals surface area contributed by atoms with Crippen LogP contribution in [0.3, 0.4) is 0 Å². The summed E-state index contributed by atoms with van der Waals surface area (Å²) in [5.41, 5.74) is 2.10. The molecule has 2 atom stereocenters. The van der Waals surface area contributed by atoms with Gasteiger partial charge in [0.05, 0.1) is 5.92 Å². The van der Waals surface area contributed by atoms with Crippen molar-refractivity contribution in [2.75, 3.05) is 0 Å². The van der Waals surface area contributed by atoms with E-state index in [2.05, 4.69) is 31.2 Å². The Morgan fingerprint density at radius 1 is 1.05 bits per heavy atom. The van der Waals surface area contributed by atoms with E-state index in [1.807, 2.05) is 42.1 Å². The SMILES string of the molecule is CC(Cc1ccc(C(C)C(=O)O)cc1)Sc1ccccc1. The lowest BCUT2D eigenvalue weighted by Crippen LogP contribution is -2.07. The number of thioether (sulfide) groups is 1. The van der Waals surface area contributed by atoms with Crippen LogP contribution in [0.2, 0.25) is 0 Å². The normalized spacial score (nSPS) is 13.6. The van der Waals surface area contributed by atoms with Gasteiger partial charge in [0, 0.05) is 10.1 Å². The molecule has 0 saturated carbocycles. The highest BCUT2D eigenvalue weighted by Crippen LogP contribution is 2.25. The van der Waals surface area contributed by atoms with Crippen molar-refractivity contribution in [3.63, 3.8) is 0 Å². The number of rotatable bonds is 6. The fourth-order valence-electron chi connectivity index (χ4n) is 2.19. The monoisotopic (exact) mass is 300 g/mol. The Balaban J connectivity index is 1.95. The number of carboxylic acid groups (broad SMARTS) is 1. The Morgan fingerprint density at radius 2 is 1.67 bits per heavy atom. The summed E-state index contributed by atoms with van der Waals surface area (Å²) in [7, 11) is 0. The maximum Gasteiger partial charge on any atom is 0.310 e. The van der Waals surface area contributed by atoms with Crippen molar-refractivity contribution in [2.45, 2.75) is 36.3 Å². The molecule has 0 aliphatic carbocycles. The molecule has 0 heterocycles. The van der Waals surface area contributed by atoms with E-state index in [0.29, 0.717) is 5.25 Å². The molecule has 0 fully saturated rings. The Hall–Kier alpha value is -1.74. The first-order valence-electron chi connectivity index (χ1n) is 7.09. The molecule has 0 spiro atoms. The van der Waals surface area contributed by atoms with Crippen LogP contribution in [-0.2, 0) is 11.2 Å². The van der Waals surface area contributed by atoms with E-state index in [-0.39, 0.29) is 0 Å². The molecule has 3 heteroatoms. The van der Waals surface area contributed by atoms with Gasteiger partial charge in [-0.3, -0.25) is 4.79 Å². The van der Waals surface area contributed by atoms with Crippen LogP contribution in [-0.4, -0.2) is 16.3 Å². The molecule has 2 unspecified atom stereocenters. The minimum absolute atomic E-state index is 0.449. The van der Waals surface area contributed by atoms with Gasteiger partial charge in [0.1, 0.15) is 0 Å². The molecule has 21 heavy (non-hydrogen) atoms. The predicted molar refractivity (Wildman–Crippen MR) is 88.0 cm³/mol. The number of benzene rings is 2. The number of aliphatic carboxylic acids is 1. The van der Waals surface area contributed by atoms with Crippen molar-refractivity contribution in [3.05, 3.63) is 65.7 Å². The largest absolute Gasteiger partial charge is 0.481 e. The third-order valence-corrected chi connectivity index (χ3v) is 4.57. The molecule has 110 valence electrons. The smallest absolute Gasteiger partial charge is 0.310 e. The lowest BCUT2D eigenvalue weighted by atomic mass is 9.99. The lowest BCUT2D eigenvalue weighted by molar-refractivity contribution is -0.138. The predicted octanol–water partition coefficient (Wildman–Crippen LogP) is 4.60. The average molecular weight is 300 g/mol. The highest BCUT2D eigenvalue weighted by atomic mass is 32.2. The minimum Gasteiger partial charge on any atom is -0.481 e. The second-order valence-corrected chi connectivity index (χ2v) is 6.76. The van der Waals surface area contributed by atoms with Crippen LogP contribution in [0.25, 0.3) is 0 Å². The maximum atomic E-state index is 11.0. The fourth-order valence-corrected chi connectivity index (χ4v) is 3.24. The summed E-state index contributed by atoms with van der Waals surface area (Å²) in [4.78, 5) is 12.2. The van der Waals surface area contributed by atoms with Crippen molar-refractivity contribution in [2.24, 2.45) is 0 Å². The van der Waals surface area contributed by atoms with Crippen molar-refractivity contribution in [1.29, 1.82) is 0 Å². The molecule has 2 aromatic rings. The minimum atomic E-state index is -0.782. The van der Waals surface area contributed by atoms with Gasteiger partial charge in [-0.1, -0.05) is 49.4 Å². The van der Waals surface area contributed by atoms with Crippen LogP contribution in [0, 0.1) is 0 Å². The molecule has 0 saturated heterocycles. The van der Waals surface area contributed by atoms with Gasteiger partial charge in [0.25, 0.3) is 0 Å². The molecular formula is C18H20O2S. The number of carboxylic acids is 1. The number of hydrogen-bond donors (Lipinski definition) is 1. The van der Waals surface area contributed by atoms with Crippen LogP contribution >= 0.6 is 11.8 Å². The highest BCUT2D eigenvalue weighted by molar-refractivity contribution is 7.99. The zero-order chi connectivity index (χ0) is 15.2. The quantitative estimate of drug-likeness (QED) is 0.792. The summed E-state index contributed by atoms with van der Waals surface area (Å²) in [5.74, 6) is -1.23. The van der Waals surface area contributed by atoms with Gasteiger partial charge >= 0.3 is 5.97 Å². The fraction of sp³-hybridized carbons (Fsp3) is 0.278. The standard InChI is InChI=1S/C18H20O2S/c1-13(21-17-6-4-3-5-7-17)12-15-8-10-16(11-9-15)14(2)18(19)20/h3-11,13-14H,12H2,1-2H3,(H,19,20). The van der Waals surface area contributed by atoms with E-state index < -0.39 is 11.9 Å². The van der Waals surface area contributed by atoms with Gasteiger partial charge in [-0.05, 0) is 36.6 Å². The molecule has 2 nitrogen and oxygen atoms in total. The highest BCUT2D eigenvalue weighted by Gasteiger charge is 2.13. The second-order valence-electron chi connectivity index (χ2n) is 5.25. The summed E-state index contributed by atoms with van der Waals surface area (Å²) in [6.45, 7) is 3.93. The Kier molecular flexibility index (Phi) is 5.45. The summed E-state index contributed by atoms with van der Waals surface area (Å²) >= 11 is 1.86. The van der Waals surface area contributed by atoms with Crippen molar-refractivity contribution in [3.8, 4) is 0 Å². The third kappa shape index (κ3) is 4.64. The lowest BCUT2D eigenvalue weighted by Gasteiger charge is -2.12. The third-order valence-electron chi connectivity index (χ3n) is 3.45.